The number of nitro groups is 1. The number of nitrogens with one attached hydrogen (secondary N) is 1. The highest BCUT2D eigenvalue weighted by molar-refractivity contribution is 5.43. The number of piperidine rings is 1. The number of rotatable bonds is 2. The maximum atomic E-state index is 13.2. The molecule has 6 heteroatoms. The fraction of sp³-hybridized carbons (Fsp3) is 0.455. The van der Waals surface area contributed by atoms with E-state index in [4.69, 9.17) is 0 Å². The molecule has 0 amide bonds. The molecule has 2 rings (SSSR count). The topological polar surface area (TPSA) is 55.2 Å². The first-order chi connectivity index (χ1) is 8.09. The van der Waals surface area contributed by atoms with Gasteiger partial charge in [0.15, 0.2) is 11.6 Å². The van der Waals surface area contributed by atoms with E-state index in [1.165, 1.54) is 0 Å². The number of halogens is 2. The van der Waals surface area contributed by atoms with Gasteiger partial charge in [0.2, 0.25) is 0 Å². The molecule has 1 fully saturated rings. The van der Waals surface area contributed by atoms with Crippen LogP contribution in [0.15, 0.2) is 12.1 Å². The second kappa shape index (κ2) is 4.75. The van der Waals surface area contributed by atoms with Crippen molar-refractivity contribution < 1.29 is 13.7 Å². The monoisotopic (exact) mass is 242 g/mol. The standard InChI is InChI=1S/C11H12F2N2O2/c12-8-5-7(10-3-1-2-4-14-10)11(15(16)17)6-9(8)13/h5-6,10,14H,1-4H2. The average Bonchev–Trinajstić information content (AvgIpc) is 2.33. The van der Waals surface area contributed by atoms with Crippen molar-refractivity contribution >= 4 is 5.69 Å². The van der Waals surface area contributed by atoms with Crippen molar-refractivity contribution in [2.24, 2.45) is 0 Å². The first kappa shape index (κ1) is 11.9. The van der Waals surface area contributed by atoms with Crippen molar-refractivity contribution in [1.29, 1.82) is 0 Å². The van der Waals surface area contributed by atoms with Crippen LogP contribution in [0.3, 0.4) is 0 Å². The lowest BCUT2D eigenvalue weighted by molar-refractivity contribution is -0.386. The lowest BCUT2D eigenvalue weighted by atomic mass is 9.96. The molecule has 0 radical (unpaired) electrons. The predicted octanol–water partition coefficient (Wildman–Crippen LogP) is 2.69. The summed E-state index contributed by atoms with van der Waals surface area (Å²) >= 11 is 0. The van der Waals surface area contributed by atoms with Crippen molar-refractivity contribution in [1.82, 2.24) is 5.32 Å². The van der Waals surface area contributed by atoms with Gasteiger partial charge < -0.3 is 5.32 Å². The van der Waals surface area contributed by atoms with E-state index in [2.05, 4.69) is 5.32 Å². The number of hydrogen-bond acceptors (Lipinski definition) is 3. The molecule has 1 aromatic carbocycles. The predicted molar refractivity (Wildman–Crippen MR) is 57.6 cm³/mol. The lowest BCUT2D eigenvalue weighted by Crippen LogP contribution is -2.27. The summed E-state index contributed by atoms with van der Waals surface area (Å²) in [5.41, 5.74) is -0.128. The maximum Gasteiger partial charge on any atom is 0.277 e. The van der Waals surface area contributed by atoms with Gasteiger partial charge in [0, 0.05) is 11.6 Å². The molecule has 0 bridgehead atoms. The Hall–Kier alpha value is -1.56. The Morgan fingerprint density at radius 3 is 2.59 bits per heavy atom. The largest absolute Gasteiger partial charge is 0.310 e. The molecule has 0 aromatic heterocycles. The van der Waals surface area contributed by atoms with Crippen LogP contribution in [0.1, 0.15) is 30.9 Å². The molecule has 4 nitrogen and oxygen atoms in total. The highest BCUT2D eigenvalue weighted by atomic mass is 19.2. The zero-order valence-electron chi connectivity index (χ0n) is 9.08. The summed E-state index contributed by atoms with van der Waals surface area (Å²) in [7, 11) is 0. The second-order valence-corrected chi connectivity index (χ2v) is 4.08. The van der Waals surface area contributed by atoms with E-state index in [1.54, 1.807) is 0 Å². The summed E-state index contributed by atoms with van der Waals surface area (Å²) in [4.78, 5) is 10.1. The number of nitro benzene ring substituents is 1. The summed E-state index contributed by atoms with van der Waals surface area (Å²) in [6.45, 7) is 0.737. The molecule has 92 valence electrons. The van der Waals surface area contributed by atoms with Crippen molar-refractivity contribution in [2.45, 2.75) is 25.3 Å². The van der Waals surface area contributed by atoms with Crippen LogP contribution in [-0.2, 0) is 0 Å². The molecule has 0 spiro atoms. The molecule has 0 aliphatic carbocycles. The van der Waals surface area contributed by atoms with Gasteiger partial charge in [0.1, 0.15) is 0 Å². The van der Waals surface area contributed by atoms with Crippen LogP contribution in [-0.4, -0.2) is 11.5 Å². The second-order valence-electron chi connectivity index (χ2n) is 4.08. The van der Waals surface area contributed by atoms with Crippen LogP contribution in [0.4, 0.5) is 14.5 Å². The molecule has 1 aliphatic rings. The van der Waals surface area contributed by atoms with E-state index in [0.29, 0.717) is 12.5 Å². The third-order valence-electron chi connectivity index (χ3n) is 2.95. The van der Waals surface area contributed by atoms with Crippen LogP contribution >= 0.6 is 0 Å². The van der Waals surface area contributed by atoms with Gasteiger partial charge in [-0.05, 0) is 25.5 Å². The van der Waals surface area contributed by atoms with Crippen LogP contribution in [0.5, 0.6) is 0 Å². The minimum Gasteiger partial charge on any atom is -0.310 e. The third kappa shape index (κ3) is 2.41. The molecule has 1 saturated heterocycles. The van der Waals surface area contributed by atoms with Gasteiger partial charge in [-0.3, -0.25) is 10.1 Å². The molecule has 1 aromatic rings. The minimum atomic E-state index is -1.18. The molecular formula is C11H12F2N2O2. The van der Waals surface area contributed by atoms with Gasteiger partial charge >= 0.3 is 0 Å². The van der Waals surface area contributed by atoms with Gasteiger partial charge in [0.25, 0.3) is 5.69 Å². The van der Waals surface area contributed by atoms with Gasteiger partial charge in [0.05, 0.1) is 11.0 Å². The molecule has 17 heavy (non-hydrogen) atoms. The highest BCUT2D eigenvalue weighted by Crippen LogP contribution is 2.31. The zero-order valence-corrected chi connectivity index (χ0v) is 9.08. The van der Waals surface area contributed by atoms with Crippen molar-refractivity contribution in [3.63, 3.8) is 0 Å². The van der Waals surface area contributed by atoms with E-state index in [0.717, 1.165) is 25.5 Å². The van der Waals surface area contributed by atoms with E-state index < -0.39 is 16.6 Å². The van der Waals surface area contributed by atoms with Gasteiger partial charge in [-0.2, -0.15) is 0 Å². The van der Waals surface area contributed by atoms with E-state index in [9.17, 15) is 18.9 Å². The first-order valence-electron chi connectivity index (χ1n) is 5.46. The Kier molecular flexibility index (Phi) is 3.33. The quantitative estimate of drug-likeness (QED) is 0.640. The fourth-order valence-corrected chi connectivity index (χ4v) is 2.11. The summed E-state index contributed by atoms with van der Waals surface area (Å²) in [5, 5.41) is 13.9. The van der Waals surface area contributed by atoms with Crippen LogP contribution in [0, 0.1) is 21.7 Å². The number of benzene rings is 1. The van der Waals surface area contributed by atoms with Crippen LogP contribution < -0.4 is 5.32 Å². The summed E-state index contributed by atoms with van der Waals surface area (Å²) in [6, 6.07) is 1.32. The van der Waals surface area contributed by atoms with Gasteiger partial charge in [-0.25, -0.2) is 8.78 Å². The van der Waals surface area contributed by atoms with E-state index >= 15 is 0 Å². The molecule has 1 aliphatic heterocycles. The lowest BCUT2D eigenvalue weighted by Gasteiger charge is -2.23. The van der Waals surface area contributed by atoms with Crippen molar-refractivity contribution in [3.05, 3.63) is 39.4 Å². The van der Waals surface area contributed by atoms with E-state index in [-0.39, 0.29) is 17.3 Å². The molecule has 1 atom stereocenters. The fourth-order valence-electron chi connectivity index (χ4n) is 2.11. The Balaban J connectivity index is 2.42. The van der Waals surface area contributed by atoms with Gasteiger partial charge in [-0.1, -0.05) is 6.42 Å². The van der Waals surface area contributed by atoms with Gasteiger partial charge in [-0.15, -0.1) is 0 Å². The normalized spacial score (nSPS) is 20.2. The summed E-state index contributed by atoms with van der Waals surface area (Å²) in [6.07, 6.45) is 2.62. The summed E-state index contributed by atoms with van der Waals surface area (Å²) < 4.78 is 26.1. The molecular weight excluding hydrogens is 230 g/mol. The molecule has 0 saturated carbocycles. The highest BCUT2D eigenvalue weighted by Gasteiger charge is 2.26. The smallest absolute Gasteiger partial charge is 0.277 e. The van der Waals surface area contributed by atoms with Crippen LogP contribution in [0.2, 0.25) is 0 Å². The maximum absolute atomic E-state index is 13.2. The number of nitrogens with zero attached hydrogens (tertiary/aromatic N) is 1. The first-order valence-corrected chi connectivity index (χ1v) is 5.46. The molecule has 1 heterocycles. The minimum absolute atomic E-state index is 0.230. The van der Waals surface area contributed by atoms with Crippen LogP contribution in [0.25, 0.3) is 0 Å². The van der Waals surface area contributed by atoms with Crippen molar-refractivity contribution in [2.75, 3.05) is 6.54 Å². The Morgan fingerprint density at radius 2 is 2.00 bits per heavy atom. The molecule has 1 unspecified atom stereocenters. The Morgan fingerprint density at radius 1 is 1.29 bits per heavy atom. The van der Waals surface area contributed by atoms with Crippen molar-refractivity contribution in [3.8, 4) is 0 Å². The summed E-state index contributed by atoms with van der Waals surface area (Å²) in [5.74, 6) is -2.23. The van der Waals surface area contributed by atoms with E-state index in [1.807, 2.05) is 0 Å². The zero-order chi connectivity index (χ0) is 12.4. The Labute approximate surface area is 96.8 Å². The third-order valence-corrected chi connectivity index (χ3v) is 2.95. The SMILES string of the molecule is O=[N+]([O-])c1cc(F)c(F)cc1C1CCCCN1. The average molecular weight is 242 g/mol. The molecule has 1 N–H and O–H groups in total. The Bertz CT molecular complexity index is 445. The number of hydrogen-bond donors (Lipinski definition) is 1.